The Morgan fingerprint density at radius 1 is 1.53 bits per heavy atom. The quantitative estimate of drug-likeness (QED) is 0.921. The van der Waals surface area contributed by atoms with Gasteiger partial charge in [0, 0.05) is 11.0 Å². The number of thioether (sulfide) groups is 1. The second kappa shape index (κ2) is 4.59. The molecule has 0 radical (unpaired) electrons. The standard InChI is InChI=1S/C11H9BrN2OS2/c12-6-2-1-3-7-9(6)17-11(14-7)16-8-4-5-13-10(8)15/h1-3,8H,4-5H2,(H,13,15). The first-order valence-electron chi connectivity index (χ1n) is 5.23. The van der Waals surface area contributed by atoms with Gasteiger partial charge in [-0.1, -0.05) is 17.8 Å². The maximum atomic E-state index is 11.5. The molecule has 1 saturated heterocycles. The number of nitrogens with one attached hydrogen (secondary N) is 1. The molecular formula is C11H9BrN2OS2. The molecule has 1 unspecified atom stereocenters. The number of amides is 1. The van der Waals surface area contributed by atoms with Crippen LogP contribution in [0.3, 0.4) is 0 Å². The van der Waals surface area contributed by atoms with Crippen LogP contribution in [0.5, 0.6) is 0 Å². The van der Waals surface area contributed by atoms with Gasteiger partial charge in [0.25, 0.3) is 0 Å². The summed E-state index contributed by atoms with van der Waals surface area (Å²) in [5.41, 5.74) is 0.991. The summed E-state index contributed by atoms with van der Waals surface area (Å²) in [5, 5.41) is 2.87. The molecule has 1 amide bonds. The van der Waals surface area contributed by atoms with E-state index in [4.69, 9.17) is 0 Å². The van der Waals surface area contributed by atoms with Crippen LogP contribution in [0.2, 0.25) is 0 Å². The molecule has 0 aliphatic carbocycles. The summed E-state index contributed by atoms with van der Waals surface area (Å²) in [6, 6.07) is 5.98. The highest BCUT2D eigenvalue weighted by Crippen LogP contribution is 2.37. The Balaban J connectivity index is 1.91. The van der Waals surface area contributed by atoms with E-state index >= 15 is 0 Å². The van der Waals surface area contributed by atoms with E-state index in [1.54, 1.807) is 23.1 Å². The number of halogens is 1. The van der Waals surface area contributed by atoms with E-state index in [9.17, 15) is 4.79 Å². The molecular weight excluding hydrogens is 320 g/mol. The van der Waals surface area contributed by atoms with Crippen LogP contribution in [-0.4, -0.2) is 22.7 Å². The third-order valence-electron chi connectivity index (χ3n) is 2.59. The molecule has 1 aromatic carbocycles. The van der Waals surface area contributed by atoms with Crippen LogP contribution < -0.4 is 5.32 Å². The van der Waals surface area contributed by atoms with Crippen LogP contribution in [-0.2, 0) is 4.79 Å². The summed E-state index contributed by atoms with van der Waals surface area (Å²) in [6.45, 7) is 0.783. The summed E-state index contributed by atoms with van der Waals surface area (Å²) >= 11 is 6.72. The third kappa shape index (κ3) is 2.21. The molecule has 6 heteroatoms. The summed E-state index contributed by atoms with van der Waals surface area (Å²) in [4.78, 5) is 16.0. The highest BCUT2D eigenvalue weighted by atomic mass is 79.9. The number of hydrogen-bond donors (Lipinski definition) is 1. The number of fused-ring (bicyclic) bond motifs is 1. The lowest BCUT2D eigenvalue weighted by molar-refractivity contribution is -0.118. The third-order valence-corrected chi connectivity index (χ3v) is 5.98. The van der Waals surface area contributed by atoms with Gasteiger partial charge in [-0.3, -0.25) is 4.79 Å². The van der Waals surface area contributed by atoms with Crippen LogP contribution in [0.1, 0.15) is 6.42 Å². The maximum absolute atomic E-state index is 11.5. The molecule has 3 nitrogen and oxygen atoms in total. The fourth-order valence-electron chi connectivity index (χ4n) is 1.75. The highest BCUT2D eigenvalue weighted by Gasteiger charge is 2.26. The van der Waals surface area contributed by atoms with E-state index in [0.717, 1.165) is 32.0 Å². The lowest BCUT2D eigenvalue weighted by Gasteiger charge is -2.01. The van der Waals surface area contributed by atoms with Crippen molar-refractivity contribution in [3.63, 3.8) is 0 Å². The number of hydrogen-bond acceptors (Lipinski definition) is 4. The zero-order valence-corrected chi connectivity index (χ0v) is 12.0. The first kappa shape index (κ1) is 11.5. The molecule has 17 heavy (non-hydrogen) atoms. The van der Waals surface area contributed by atoms with Gasteiger partial charge in [0.05, 0.1) is 15.5 Å². The van der Waals surface area contributed by atoms with E-state index < -0.39 is 0 Å². The average Bonchev–Trinajstić information content (AvgIpc) is 2.87. The molecule has 2 aromatic rings. The number of rotatable bonds is 2. The van der Waals surface area contributed by atoms with Crippen LogP contribution >= 0.6 is 39.0 Å². The smallest absolute Gasteiger partial charge is 0.233 e. The summed E-state index contributed by atoms with van der Waals surface area (Å²) in [7, 11) is 0. The number of carbonyl (C=O) groups excluding carboxylic acids is 1. The van der Waals surface area contributed by atoms with Crippen molar-refractivity contribution in [1.29, 1.82) is 0 Å². The Kier molecular flexibility index (Phi) is 3.10. The van der Waals surface area contributed by atoms with Gasteiger partial charge < -0.3 is 5.32 Å². The van der Waals surface area contributed by atoms with Gasteiger partial charge in [0.1, 0.15) is 0 Å². The summed E-state index contributed by atoms with van der Waals surface area (Å²) < 4.78 is 3.18. The molecule has 1 fully saturated rings. The van der Waals surface area contributed by atoms with Crippen LogP contribution in [0.25, 0.3) is 10.2 Å². The van der Waals surface area contributed by atoms with Gasteiger partial charge >= 0.3 is 0 Å². The van der Waals surface area contributed by atoms with Crippen molar-refractivity contribution in [2.24, 2.45) is 0 Å². The molecule has 0 spiro atoms. The molecule has 1 aliphatic heterocycles. The molecule has 0 bridgehead atoms. The zero-order valence-electron chi connectivity index (χ0n) is 8.77. The molecule has 3 rings (SSSR count). The van der Waals surface area contributed by atoms with Crippen LogP contribution in [0.15, 0.2) is 27.0 Å². The molecule has 0 saturated carbocycles. The second-order valence-electron chi connectivity index (χ2n) is 3.75. The minimum atomic E-state index is 0.0225. The van der Waals surface area contributed by atoms with Crippen molar-refractivity contribution in [1.82, 2.24) is 10.3 Å². The first-order valence-corrected chi connectivity index (χ1v) is 7.72. The SMILES string of the molecule is O=C1NCCC1Sc1nc2cccc(Br)c2s1. The lowest BCUT2D eigenvalue weighted by atomic mass is 10.3. The summed E-state index contributed by atoms with van der Waals surface area (Å²) in [6.07, 6.45) is 0.889. The minimum Gasteiger partial charge on any atom is -0.355 e. The monoisotopic (exact) mass is 328 g/mol. The van der Waals surface area contributed by atoms with Crippen molar-refractivity contribution in [3.8, 4) is 0 Å². The first-order chi connectivity index (χ1) is 8.24. The molecule has 2 heterocycles. The highest BCUT2D eigenvalue weighted by molar-refractivity contribution is 9.10. The molecule has 1 atom stereocenters. The van der Waals surface area contributed by atoms with Gasteiger partial charge in [-0.2, -0.15) is 0 Å². The fourth-order valence-corrected chi connectivity index (χ4v) is 4.66. The molecule has 1 aromatic heterocycles. The second-order valence-corrected chi connectivity index (χ2v) is 7.06. The van der Waals surface area contributed by atoms with Crippen molar-refractivity contribution in [3.05, 3.63) is 22.7 Å². The van der Waals surface area contributed by atoms with Gasteiger partial charge in [0.2, 0.25) is 5.91 Å². The van der Waals surface area contributed by atoms with Crippen molar-refractivity contribution in [2.75, 3.05) is 6.54 Å². The van der Waals surface area contributed by atoms with Gasteiger partial charge in [-0.25, -0.2) is 4.98 Å². The number of benzene rings is 1. The van der Waals surface area contributed by atoms with Gasteiger partial charge in [0.15, 0.2) is 4.34 Å². The van der Waals surface area contributed by atoms with Crippen molar-refractivity contribution in [2.45, 2.75) is 16.0 Å². The Morgan fingerprint density at radius 3 is 3.12 bits per heavy atom. The van der Waals surface area contributed by atoms with Gasteiger partial charge in [-0.05, 0) is 34.5 Å². The van der Waals surface area contributed by atoms with Crippen molar-refractivity contribution >= 4 is 55.2 Å². The average molecular weight is 329 g/mol. The Bertz CT molecular complexity index is 584. The fraction of sp³-hybridized carbons (Fsp3) is 0.273. The summed E-state index contributed by atoms with van der Waals surface area (Å²) in [5.74, 6) is 0.133. The van der Waals surface area contributed by atoms with Crippen molar-refractivity contribution < 1.29 is 4.79 Å². The van der Waals surface area contributed by atoms with Crippen LogP contribution in [0.4, 0.5) is 0 Å². The number of thiazole rings is 1. The predicted octanol–water partition coefficient (Wildman–Crippen LogP) is 3.04. The predicted molar refractivity (Wildman–Crippen MR) is 74.6 cm³/mol. The Hall–Kier alpha value is -0.590. The van der Waals surface area contributed by atoms with Gasteiger partial charge in [-0.15, -0.1) is 11.3 Å². The molecule has 1 N–H and O–H groups in total. The number of nitrogens with zero attached hydrogens (tertiary/aromatic N) is 1. The van der Waals surface area contributed by atoms with E-state index in [1.165, 1.54) is 0 Å². The zero-order chi connectivity index (χ0) is 11.8. The molecule has 88 valence electrons. The number of carbonyl (C=O) groups is 1. The Labute approximate surface area is 115 Å². The lowest BCUT2D eigenvalue weighted by Crippen LogP contribution is -2.20. The minimum absolute atomic E-state index is 0.0225. The normalized spacial score (nSPS) is 19.8. The topological polar surface area (TPSA) is 42.0 Å². The molecule has 1 aliphatic rings. The Morgan fingerprint density at radius 2 is 2.41 bits per heavy atom. The maximum Gasteiger partial charge on any atom is 0.233 e. The van der Waals surface area contributed by atoms with E-state index in [1.807, 2.05) is 18.2 Å². The largest absolute Gasteiger partial charge is 0.355 e. The van der Waals surface area contributed by atoms with Crippen LogP contribution in [0, 0.1) is 0 Å². The van der Waals surface area contributed by atoms with E-state index in [-0.39, 0.29) is 11.2 Å². The van der Waals surface area contributed by atoms with E-state index in [0.29, 0.717) is 0 Å². The number of aromatic nitrogens is 1. The van der Waals surface area contributed by atoms with E-state index in [2.05, 4.69) is 26.2 Å².